The number of hydrogen-bond acceptors (Lipinski definition) is 3. The van der Waals surface area contributed by atoms with Gasteiger partial charge in [0.1, 0.15) is 10.6 Å². The second kappa shape index (κ2) is 8.62. The van der Waals surface area contributed by atoms with Crippen molar-refractivity contribution in [2.24, 2.45) is 0 Å². The third-order valence-electron chi connectivity index (χ3n) is 5.86. The fraction of sp³-hybridized carbons (Fsp3) is 0.500. The van der Waals surface area contributed by atoms with Crippen molar-refractivity contribution in [3.8, 4) is 11.3 Å². The number of rotatable bonds is 7. The Labute approximate surface area is 167 Å². The van der Waals surface area contributed by atoms with Crippen LogP contribution in [-0.2, 0) is 10.0 Å². The molecule has 0 spiro atoms. The maximum atomic E-state index is 13.1. The summed E-state index contributed by atoms with van der Waals surface area (Å²) in [7, 11) is -3.61. The predicted octanol–water partition coefficient (Wildman–Crippen LogP) is 4.83. The van der Waals surface area contributed by atoms with Gasteiger partial charge in [0.2, 0.25) is 10.0 Å². The molecule has 2 aromatic rings. The Hall–Kier alpha value is -1.92. The average molecular weight is 400 g/mol. The van der Waals surface area contributed by atoms with Gasteiger partial charge >= 0.3 is 0 Å². The Balaban J connectivity index is 1.58. The van der Waals surface area contributed by atoms with E-state index >= 15 is 0 Å². The van der Waals surface area contributed by atoms with Crippen LogP contribution in [0, 0.1) is 0 Å². The lowest BCUT2D eigenvalue weighted by Crippen LogP contribution is -2.25. The van der Waals surface area contributed by atoms with Gasteiger partial charge < -0.3 is 0 Å². The summed E-state index contributed by atoms with van der Waals surface area (Å²) in [6, 6.07) is 9.92. The van der Waals surface area contributed by atoms with E-state index in [0.717, 1.165) is 37.7 Å². The van der Waals surface area contributed by atoms with Gasteiger partial charge in [0.05, 0.1) is 6.04 Å². The fourth-order valence-electron chi connectivity index (χ4n) is 4.28. The van der Waals surface area contributed by atoms with Crippen LogP contribution in [0.2, 0.25) is 0 Å². The zero-order valence-corrected chi connectivity index (χ0v) is 17.1. The molecule has 1 heterocycles. The lowest BCUT2D eigenvalue weighted by molar-refractivity contribution is 0.467. The van der Waals surface area contributed by atoms with E-state index in [1.165, 1.54) is 31.3 Å². The third-order valence-corrected chi connectivity index (χ3v) is 7.32. The number of aromatic nitrogens is 2. The van der Waals surface area contributed by atoms with Gasteiger partial charge in [-0.1, -0.05) is 54.8 Å². The van der Waals surface area contributed by atoms with Gasteiger partial charge in [0, 0.05) is 18.3 Å². The molecule has 0 amide bonds. The molecule has 0 atom stereocenters. The predicted molar refractivity (Wildman–Crippen MR) is 112 cm³/mol. The normalized spacial score (nSPS) is 18.4. The second-order valence-electron chi connectivity index (χ2n) is 7.88. The molecule has 2 aliphatic rings. The summed E-state index contributed by atoms with van der Waals surface area (Å²) in [6.45, 7) is 0.441. The Morgan fingerprint density at radius 2 is 1.86 bits per heavy atom. The largest absolute Gasteiger partial charge is 0.268 e. The van der Waals surface area contributed by atoms with Crippen molar-refractivity contribution in [3.63, 3.8) is 0 Å². The van der Waals surface area contributed by atoms with Gasteiger partial charge in [-0.2, -0.15) is 5.10 Å². The standard InChI is InChI=1S/C22H29N3O2S/c26-28(27,23-16-15-18-9-3-1-4-10-18)21-17-25(20-13-7-8-14-20)24-22(21)19-11-5-2-6-12-19/h2,5-6,9,11-12,17,20,23H,1,3-4,7-8,10,13-16H2. The van der Waals surface area contributed by atoms with Gasteiger partial charge in [-0.3, -0.25) is 4.68 Å². The van der Waals surface area contributed by atoms with E-state index in [2.05, 4.69) is 10.8 Å². The van der Waals surface area contributed by atoms with Crippen molar-refractivity contribution in [2.75, 3.05) is 6.54 Å². The number of hydrogen-bond donors (Lipinski definition) is 1. The van der Waals surface area contributed by atoms with Crippen LogP contribution in [0.5, 0.6) is 0 Å². The Kier molecular flexibility index (Phi) is 5.97. The minimum atomic E-state index is -3.61. The monoisotopic (exact) mass is 399 g/mol. The molecule has 1 aromatic carbocycles. The first-order valence-electron chi connectivity index (χ1n) is 10.5. The molecule has 0 aliphatic heterocycles. The molecule has 0 saturated heterocycles. The molecule has 1 N–H and O–H groups in total. The first-order valence-corrected chi connectivity index (χ1v) is 11.9. The highest BCUT2D eigenvalue weighted by Gasteiger charge is 2.26. The van der Waals surface area contributed by atoms with E-state index in [1.807, 2.05) is 35.0 Å². The zero-order valence-electron chi connectivity index (χ0n) is 16.3. The first-order chi connectivity index (χ1) is 13.6. The SMILES string of the molecule is O=S(=O)(NCCC1=CCCCC1)c1cn(C2CCCC2)nc1-c1ccccc1. The molecular weight excluding hydrogens is 370 g/mol. The molecule has 0 bridgehead atoms. The van der Waals surface area contributed by atoms with E-state index in [1.54, 1.807) is 6.20 Å². The molecule has 0 unspecified atom stereocenters. The Morgan fingerprint density at radius 3 is 2.57 bits per heavy atom. The van der Waals surface area contributed by atoms with Crippen molar-refractivity contribution in [2.45, 2.75) is 68.7 Å². The number of nitrogens with zero attached hydrogens (tertiary/aromatic N) is 2. The van der Waals surface area contributed by atoms with Crippen LogP contribution in [0.4, 0.5) is 0 Å². The third kappa shape index (κ3) is 4.39. The maximum absolute atomic E-state index is 13.1. The Bertz CT molecular complexity index is 926. The van der Waals surface area contributed by atoms with Gasteiger partial charge in [0.25, 0.3) is 0 Å². The van der Waals surface area contributed by atoms with E-state index in [0.29, 0.717) is 23.2 Å². The van der Waals surface area contributed by atoms with Crippen LogP contribution in [-0.4, -0.2) is 24.7 Å². The van der Waals surface area contributed by atoms with Gasteiger partial charge in [0.15, 0.2) is 0 Å². The second-order valence-corrected chi connectivity index (χ2v) is 9.62. The van der Waals surface area contributed by atoms with Gasteiger partial charge in [-0.15, -0.1) is 0 Å². The Morgan fingerprint density at radius 1 is 1.07 bits per heavy atom. The molecule has 1 fully saturated rings. The van der Waals surface area contributed by atoms with Crippen LogP contribution in [0.1, 0.15) is 63.8 Å². The number of nitrogens with one attached hydrogen (secondary N) is 1. The fourth-order valence-corrected chi connectivity index (χ4v) is 5.47. The molecule has 2 aliphatic carbocycles. The number of benzene rings is 1. The van der Waals surface area contributed by atoms with Crippen molar-refractivity contribution in [1.29, 1.82) is 0 Å². The average Bonchev–Trinajstić information content (AvgIpc) is 3.39. The molecule has 0 radical (unpaired) electrons. The van der Waals surface area contributed by atoms with Crippen LogP contribution >= 0.6 is 0 Å². The molecule has 5 nitrogen and oxygen atoms in total. The van der Waals surface area contributed by atoms with Gasteiger partial charge in [-0.05, 0) is 44.9 Å². The molecular formula is C22H29N3O2S. The first kappa shape index (κ1) is 19.4. The van der Waals surface area contributed by atoms with E-state index in [-0.39, 0.29) is 0 Å². The van der Waals surface area contributed by atoms with Crippen molar-refractivity contribution >= 4 is 10.0 Å². The number of allylic oxidation sites excluding steroid dienone is 1. The summed E-state index contributed by atoms with van der Waals surface area (Å²) in [5.41, 5.74) is 2.77. The van der Waals surface area contributed by atoms with Gasteiger partial charge in [-0.25, -0.2) is 13.1 Å². The summed E-state index contributed by atoms with van der Waals surface area (Å²) in [5, 5.41) is 4.71. The van der Waals surface area contributed by atoms with Crippen LogP contribution < -0.4 is 4.72 Å². The summed E-state index contributed by atoms with van der Waals surface area (Å²) >= 11 is 0. The van der Waals surface area contributed by atoms with Crippen molar-refractivity contribution in [1.82, 2.24) is 14.5 Å². The highest BCUT2D eigenvalue weighted by atomic mass is 32.2. The summed E-state index contributed by atoms with van der Waals surface area (Å²) in [5.74, 6) is 0. The van der Waals surface area contributed by atoms with E-state index < -0.39 is 10.0 Å². The molecule has 1 saturated carbocycles. The molecule has 150 valence electrons. The lowest BCUT2D eigenvalue weighted by Gasteiger charge is -2.13. The lowest BCUT2D eigenvalue weighted by atomic mass is 9.97. The van der Waals surface area contributed by atoms with E-state index in [9.17, 15) is 8.42 Å². The molecule has 4 rings (SSSR count). The minimum absolute atomic E-state index is 0.295. The highest BCUT2D eigenvalue weighted by molar-refractivity contribution is 7.89. The highest BCUT2D eigenvalue weighted by Crippen LogP contribution is 2.33. The number of sulfonamides is 1. The zero-order chi connectivity index (χ0) is 19.4. The smallest absolute Gasteiger partial charge is 0.244 e. The van der Waals surface area contributed by atoms with Crippen molar-refractivity contribution in [3.05, 3.63) is 48.2 Å². The van der Waals surface area contributed by atoms with E-state index in [4.69, 9.17) is 5.10 Å². The van der Waals surface area contributed by atoms with Crippen LogP contribution in [0.3, 0.4) is 0 Å². The summed E-state index contributed by atoms with van der Waals surface area (Å²) in [4.78, 5) is 0.295. The molecule has 6 heteroatoms. The summed E-state index contributed by atoms with van der Waals surface area (Å²) in [6.07, 6.45) is 14.0. The molecule has 28 heavy (non-hydrogen) atoms. The summed E-state index contributed by atoms with van der Waals surface area (Å²) < 4.78 is 30.9. The quantitative estimate of drug-likeness (QED) is 0.678. The minimum Gasteiger partial charge on any atom is -0.268 e. The maximum Gasteiger partial charge on any atom is 0.244 e. The van der Waals surface area contributed by atoms with Crippen LogP contribution in [0.25, 0.3) is 11.3 Å². The van der Waals surface area contributed by atoms with Crippen LogP contribution in [0.15, 0.2) is 53.1 Å². The topological polar surface area (TPSA) is 64.0 Å². The molecule has 1 aromatic heterocycles. The van der Waals surface area contributed by atoms with Crippen molar-refractivity contribution < 1.29 is 8.42 Å².